The summed E-state index contributed by atoms with van der Waals surface area (Å²) in [6.45, 7) is 1.98. The lowest BCUT2D eigenvalue weighted by atomic mass is 10.1. The van der Waals surface area contributed by atoms with Crippen LogP contribution in [-0.2, 0) is 0 Å². The molecule has 2 heterocycles. The van der Waals surface area contributed by atoms with Crippen LogP contribution in [0.2, 0.25) is 0 Å². The van der Waals surface area contributed by atoms with Gasteiger partial charge in [-0.15, -0.1) is 0 Å². The molecule has 0 spiro atoms. The molecule has 15 heavy (non-hydrogen) atoms. The summed E-state index contributed by atoms with van der Waals surface area (Å²) in [7, 11) is 1.88. The molecule has 1 fully saturated rings. The van der Waals surface area contributed by atoms with E-state index in [0.717, 1.165) is 25.9 Å². The molecule has 2 rings (SSSR count). The predicted molar refractivity (Wildman–Crippen MR) is 58.8 cm³/mol. The number of amides is 1. The third-order valence-corrected chi connectivity index (χ3v) is 2.97. The van der Waals surface area contributed by atoms with Crippen LogP contribution in [-0.4, -0.2) is 42.0 Å². The van der Waals surface area contributed by atoms with Crippen molar-refractivity contribution in [3.05, 3.63) is 24.0 Å². The number of hydrogen-bond donors (Lipinski definition) is 2. The van der Waals surface area contributed by atoms with E-state index in [1.807, 2.05) is 24.1 Å². The van der Waals surface area contributed by atoms with Gasteiger partial charge in [0.25, 0.3) is 5.91 Å². The molecule has 0 aliphatic carbocycles. The maximum atomic E-state index is 12.0. The fraction of sp³-hybridized carbons (Fsp3) is 0.545. The Hall–Kier alpha value is -1.29. The van der Waals surface area contributed by atoms with Crippen LogP contribution < -0.4 is 5.32 Å². The van der Waals surface area contributed by atoms with Crippen molar-refractivity contribution in [2.24, 2.45) is 0 Å². The number of likely N-dealkylation sites (N-methyl/N-ethyl adjacent to an activating group) is 1. The van der Waals surface area contributed by atoms with Crippen molar-refractivity contribution in [2.75, 3.05) is 20.1 Å². The van der Waals surface area contributed by atoms with Crippen LogP contribution in [0.25, 0.3) is 0 Å². The highest BCUT2D eigenvalue weighted by Gasteiger charge is 2.22. The van der Waals surface area contributed by atoms with E-state index >= 15 is 0 Å². The first-order chi connectivity index (χ1) is 7.29. The number of nitrogens with zero attached hydrogens (tertiary/aromatic N) is 1. The highest BCUT2D eigenvalue weighted by Crippen LogP contribution is 2.11. The molecular weight excluding hydrogens is 190 g/mol. The lowest BCUT2D eigenvalue weighted by Gasteiger charge is -2.31. The van der Waals surface area contributed by atoms with Crippen molar-refractivity contribution in [1.82, 2.24) is 15.2 Å². The van der Waals surface area contributed by atoms with Gasteiger partial charge in [0.1, 0.15) is 5.69 Å². The monoisotopic (exact) mass is 207 g/mol. The van der Waals surface area contributed by atoms with Gasteiger partial charge >= 0.3 is 0 Å². The molecular formula is C11H17N3O. The molecule has 2 N–H and O–H groups in total. The molecule has 0 bridgehead atoms. The minimum atomic E-state index is 0.0775. The van der Waals surface area contributed by atoms with Gasteiger partial charge in [-0.2, -0.15) is 0 Å². The number of aromatic nitrogens is 1. The average Bonchev–Trinajstić information content (AvgIpc) is 2.82. The summed E-state index contributed by atoms with van der Waals surface area (Å²) >= 11 is 0. The van der Waals surface area contributed by atoms with Crippen molar-refractivity contribution in [1.29, 1.82) is 0 Å². The Kier molecular flexibility index (Phi) is 3.06. The number of nitrogens with one attached hydrogen (secondary N) is 2. The van der Waals surface area contributed by atoms with Gasteiger partial charge in [0.05, 0.1) is 0 Å². The van der Waals surface area contributed by atoms with Gasteiger partial charge in [-0.25, -0.2) is 0 Å². The highest BCUT2D eigenvalue weighted by molar-refractivity contribution is 5.92. The summed E-state index contributed by atoms with van der Waals surface area (Å²) in [5.74, 6) is 0.0775. The fourth-order valence-electron chi connectivity index (χ4n) is 1.98. The van der Waals surface area contributed by atoms with Gasteiger partial charge in [0.15, 0.2) is 0 Å². The Balaban J connectivity index is 2.00. The van der Waals surface area contributed by atoms with Gasteiger partial charge < -0.3 is 15.2 Å². The van der Waals surface area contributed by atoms with E-state index in [2.05, 4.69) is 10.3 Å². The second-order valence-electron chi connectivity index (χ2n) is 4.00. The zero-order chi connectivity index (χ0) is 10.7. The van der Waals surface area contributed by atoms with E-state index in [-0.39, 0.29) is 5.91 Å². The largest absolute Gasteiger partial charge is 0.357 e. The van der Waals surface area contributed by atoms with Crippen molar-refractivity contribution in [2.45, 2.75) is 18.9 Å². The van der Waals surface area contributed by atoms with Crippen LogP contribution in [0.5, 0.6) is 0 Å². The van der Waals surface area contributed by atoms with E-state index in [4.69, 9.17) is 0 Å². The van der Waals surface area contributed by atoms with Crippen molar-refractivity contribution in [3.63, 3.8) is 0 Å². The first-order valence-electron chi connectivity index (χ1n) is 5.40. The lowest BCUT2D eigenvalue weighted by molar-refractivity contribution is 0.0703. The highest BCUT2D eigenvalue weighted by atomic mass is 16.2. The van der Waals surface area contributed by atoms with Crippen LogP contribution in [0.1, 0.15) is 23.3 Å². The van der Waals surface area contributed by atoms with Crippen molar-refractivity contribution < 1.29 is 4.79 Å². The second kappa shape index (κ2) is 4.49. The Morgan fingerprint density at radius 3 is 3.07 bits per heavy atom. The SMILES string of the molecule is CN(C(=O)c1ccc[nH]1)C1CCCNC1. The quantitative estimate of drug-likeness (QED) is 0.755. The molecule has 1 saturated heterocycles. The van der Waals surface area contributed by atoms with Crippen LogP contribution in [0.15, 0.2) is 18.3 Å². The van der Waals surface area contributed by atoms with Gasteiger partial charge in [0.2, 0.25) is 0 Å². The topological polar surface area (TPSA) is 48.1 Å². The summed E-state index contributed by atoms with van der Waals surface area (Å²) in [5.41, 5.74) is 0.670. The van der Waals surface area contributed by atoms with Gasteiger partial charge in [0, 0.05) is 25.8 Å². The zero-order valence-corrected chi connectivity index (χ0v) is 8.99. The van der Waals surface area contributed by atoms with Crippen LogP contribution >= 0.6 is 0 Å². The summed E-state index contributed by atoms with van der Waals surface area (Å²) in [4.78, 5) is 16.7. The molecule has 1 unspecified atom stereocenters. The average molecular weight is 207 g/mol. The standard InChI is InChI=1S/C11H17N3O/c1-14(9-4-2-6-12-8-9)11(15)10-5-3-7-13-10/h3,5,7,9,12-13H,2,4,6,8H2,1H3. The van der Waals surface area contributed by atoms with Crippen LogP contribution in [0.3, 0.4) is 0 Å². The second-order valence-corrected chi connectivity index (χ2v) is 4.00. The normalized spacial score (nSPS) is 21.3. The predicted octanol–water partition coefficient (Wildman–Crippen LogP) is 0.839. The smallest absolute Gasteiger partial charge is 0.270 e. The van der Waals surface area contributed by atoms with E-state index in [0.29, 0.717) is 11.7 Å². The minimum absolute atomic E-state index is 0.0775. The fourth-order valence-corrected chi connectivity index (χ4v) is 1.98. The Bertz CT molecular complexity index is 315. The van der Waals surface area contributed by atoms with Crippen LogP contribution in [0.4, 0.5) is 0 Å². The van der Waals surface area contributed by atoms with Gasteiger partial charge in [-0.1, -0.05) is 0 Å². The zero-order valence-electron chi connectivity index (χ0n) is 8.99. The molecule has 82 valence electrons. The van der Waals surface area contributed by atoms with Gasteiger partial charge in [-0.3, -0.25) is 4.79 Å². The number of carbonyl (C=O) groups excluding carboxylic acids is 1. The van der Waals surface area contributed by atoms with Gasteiger partial charge in [-0.05, 0) is 31.5 Å². The number of hydrogen-bond acceptors (Lipinski definition) is 2. The summed E-state index contributed by atoms with van der Waals surface area (Å²) in [6.07, 6.45) is 4.02. The molecule has 0 aromatic carbocycles. The Morgan fingerprint density at radius 1 is 1.60 bits per heavy atom. The molecule has 1 atom stereocenters. The van der Waals surface area contributed by atoms with Crippen LogP contribution in [0, 0.1) is 0 Å². The maximum Gasteiger partial charge on any atom is 0.270 e. The number of aromatic amines is 1. The molecule has 0 radical (unpaired) electrons. The molecule has 1 amide bonds. The molecule has 4 heteroatoms. The summed E-state index contributed by atoms with van der Waals surface area (Å²) in [5, 5.41) is 3.31. The molecule has 1 aromatic rings. The third-order valence-electron chi connectivity index (χ3n) is 2.97. The lowest BCUT2D eigenvalue weighted by Crippen LogP contribution is -2.46. The maximum absolute atomic E-state index is 12.0. The first kappa shape index (κ1) is 10.2. The summed E-state index contributed by atoms with van der Waals surface area (Å²) < 4.78 is 0. The molecule has 1 aliphatic heterocycles. The van der Waals surface area contributed by atoms with Crippen molar-refractivity contribution in [3.8, 4) is 0 Å². The van der Waals surface area contributed by atoms with E-state index in [1.165, 1.54) is 0 Å². The third kappa shape index (κ3) is 2.21. The van der Waals surface area contributed by atoms with Crippen molar-refractivity contribution >= 4 is 5.91 Å². The number of rotatable bonds is 2. The summed E-state index contributed by atoms with van der Waals surface area (Å²) in [6, 6.07) is 3.99. The molecule has 0 saturated carbocycles. The van der Waals surface area contributed by atoms with E-state index in [1.54, 1.807) is 6.20 Å². The molecule has 4 nitrogen and oxygen atoms in total. The number of carbonyl (C=O) groups is 1. The molecule has 1 aromatic heterocycles. The van der Waals surface area contributed by atoms with E-state index in [9.17, 15) is 4.79 Å². The Labute approximate surface area is 89.7 Å². The minimum Gasteiger partial charge on any atom is -0.357 e. The number of H-pyrrole nitrogens is 1. The Morgan fingerprint density at radius 2 is 2.47 bits per heavy atom. The molecule has 1 aliphatic rings. The van der Waals surface area contributed by atoms with E-state index < -0.39 is 0 Å². The first-order valence-corrected chi connectivity index (χ1v) is 5.40. The number of piperidine rings is 1.